The van der Waals surface area contributed by atoms with Crippen LogP contribution in [0.5, 0.6) is 0 Å². The van der Waals surface area contributed by atoms with Crippen molar-refractivity contribution >= 4 is 29.9 Å². The molecule has 0 aliphatic heterocycles. The Balaban J connectivity index is 0.00000220. The van der Waals surface area contributed by atoms with E-state index in [-0.39, 0.29) is 23.7 Å². The van der Waals surface area contributed by atoms with E-state index in [4.69, 9.17) is 17.3 Å². The average molecular weight is 331 g/mol. The van der Waals surface area contributed by atoms with Crippen LogP contribution in [0, 0.1) is 0 Å². The van der Waals surface area contributed by atoms with E-state index in [1.54, 1.807) is 0 Å². The Morgan fingerprint density at radius 2 is 1.81 bits per heavy atom. The van der Waals surface area contributed by atoms with Crippen molar-refractivity contribution in [1.29, 1.82) is 0 Å². The minimum Gasteiger partial charge on any atom is -0.354 e. The number of nitrogens with one attached hydrogen (secondary N) is 1. The van der Waals surface area contributed by atoms with Crippen LogP contribution < -0.4 is 11.1 Å². The van der Waals surface area contributed by atoms with Crippen molar-refractivity contribution in [2.45, 2.75) is 50.5 Å². The van der Waals surface area contributed by atoms with Gasteiger partial charge >= 0.3 is 0 Å². The first-order valence-corrected chi connectivity index (χ1v) is 7.55. The Bertz CT molecular complexity index is 480. The molecule has 1 amide bonds. The van der Waals surface area contributed by atoms with E-state index in [0.29, 0.717) is 6.54 Å². The lowest BCUT2D eigenvalue weighted by Crippen LogP contribution is -2.53. The highest BCUT2D eigenvalue weighted by molar-refractivity contribution is 6.30. The summed E-state index contributed by atoms with van der Waals surface area (Å²) >= 11 is 5.91. The van der Waals surface area contributed by atoms with E-state index >= 15 is 0 Å². The molecule has 1 aromatic carbocycles. The Hall–Kier alpha value is -0.770. The maximum absolute atomic E-state index is 12.2. The van der Waals surface area contributed by atoms with Crippen molar-refractivity contribution in [3.63, 3.8) is 0 Å². The maximum Gasteiger partial charge on any atom is 0.240 e. The molecule has 0 spiro atoms. The molecule has 0 saturated heterocycles. The number of hydrogen-bond donors (Lipinski definition) is 2. The number of hydrogen-bond acceptors (Lipinski definition) is 2. The van der Waals surface area contributed by atoms with Crippen LogP contribution >= 0.6 is 24.0 Å². The van der Waals surface area contributed by atoms with Gasteiger partial charge in [0.2, 0.25) is 5.91 Å². The number of carbonyl (C=O) groups is 1. The standard InChI is InChI=1S/C16H23ClN2O.ClH/c1-15(2,12-5-7-13(17)8-6-12)11-19-14(20)16(18)9-3-4-10-16;/h5-8H,3-4,9-11,18H2,1-2H3,(H,19,20);1H. The van der Waals surface area contributed by atoms with E-state index in [0.717, 1.165) is 36.3 Å². The SMILES string of the molecule is CC(C)(CNC(=O)C1(N)CCCC1)c1ccc(Cl)cc1.Cl. The van der Waals surface area contributed by atoms with Crippen LogP contribution in [0.1, 0.15) is 45.1 Å². The quantitative estimate of drug-likeness (QED) is 0.888. The average Bonchev–Trinajstić information content (AvgIpc) is 2.85. The summed E-state index contributed by atoms with van der Waals surface area (Å²) in [4.78, 5) is 12.2. The van der Waals surface area contributed by atoms with Crippen molar-refractivity contribution in [1.82, 2.24) is 5.32 Å². The summed E-state index contributed by atoms with van der Waals surface area (Å²) in [6.07, 6.45) is 3.68. The number of rotatable bonds is 4. The van der Waals surface area contributed by atoms with Crippen LogP contribution in [0.4, 0.5) is 0 Å². The summed E-state index contributed by atoms with van der Waals surface area (Å²) in [6, 6.07) is 7.76. The van der Waals surface area contributed by atoms with Gasteiger partial charge in [0, 0.05) is 17.0 Å². The second-order valence-electron chi connectivity index (χ2n) is 6.44. The molecule has 0 unspecified atom stereocenters. The summed E-state index contributed by atoms with van der Waals surface area (Å²) in [5.41, 5.74) is 6.51. The predicted molar refractivity (Wildman–Crippen MR) is 90.1 cm³/mol. The third-order valence-corrected chi connectivity index (χ3v) is 4.52. The zero-order valence-electron chi connectivity index (χ0n) is 12.6. The summed E-state index contributed by atoms with van der Waals surface area (Å²) in [6.45, 7) is 4.79. The zero-order chi connectivity index (χ0) is 14.8. The lowest BCUT2D eigenvalue weighted by Gasteiger charge is -2.29. The molecule has 1 aliphatic rings. The molecular weight excluding hydrogens is 307 g/mol. The topological polar surface area (TPSA) is 55.1 Å². The molecule has 3 N–H and O–H groups in total. The van der Waals surface area contributed by atoms with Crippen molar-refractivity contribution in [2.24, 2.45) is 5.73 Å². The molecule has 0 heterocycles. The lowest BCUT2D eigenvalue weighted by atomic mass is 9.84. The van der Waals surface area contributed by atoms with Gasteiger partial charge in [-0.1, -0.05) is 50.4 Å². The molecule has 21 heavy (non-hydrogen) atoms. The van der Waals surface area contributed by atoms with Gasteiger partial charge in [-0.2, -0.15) is 0 Å². The first kappa shape index (κ1) is 18.3. The number of benzene rings is 1. The smallest absolute Gasteiger partial charge is 0.240 e. The molecule has 5 heteroatoms. The Morgan fingerprint density at radius 3 is 2.33 bits per heavy atom. The van der Waals surface area contributed by atoms with Crippen molar-refractivity contribution in [3.05, 3.63) is 34.9 Å². The van der Waals surface area contributed by atoms with E-state index in [9.17, 15) is 4.79 Å². The molecule has 1 saturated carbocycles. The summed E-state index contributed by atoms with van der Waals surface area (Å²) in [7, 11) is 0. The fourth-order valence-corrected chi connectivity index (χ4v) is 2.84. The summed E-state index contributed by atoms with van der Waals surface area (Å²) in [5.74, 6) is -0.0166. The molecule has 1 fully saturated rings. The van der Waals surface area contributed by atoms with Gasteiger partial charge in [0.05, 0.1) is 5.54 Å². The first-order valence-electron chi connectivity index (χ1n) is 7.17. The van der Waals surface area contributed by atoms with Crippen molar-refractivity contribution in [2.75, 3.05) is 6.54 Å². The van der Waals surface area contributed by atoms with E-state index in [1.807, 2.05) is 24.3 Å². The van der Waals surface area contributed by atoms with Crippen molar-refractivity contribution in [3.8, 4) is 0 Å². The predicted octanol–water partition coefficient (Wildman–Crippen LogP) is 3.43. The molecule has 3 nitrogen and oxygen atoms in total. The largest absolute Gasteiger partial charge is 0.354 e. The van der Waals surface area contributed by atoms with Crippen LogP contribution in [0.3, 0.4) is 0 Å². The Labute approximate surface area is 138 Å². The van der Waals surface area contributed by atoms with Gasteiger partial charge < -0.3 is 11.1 Å². The molecule has 1 aliphatic carbocycles. The minimum atomic E-state index is -0.657. The fourth-order valence-electron chi connectivity index (χ4n) is 2.71. The number of halogens is 2. The van der Waals surface area contributed by atoms with Crippen LogP contribution in [-0.2, 0) is 10.2 Å². The zero-order valence-corrected chi connectivity index (χ0v) is 14.2. The van der Waals surface area contributed by atoms with E-state index < -0.39 is 5.54 Å². The number of amides is 1. The number of carbonyl (C=O) groups excluding carboxylic acids is 1. The third kappa shape index (κ3) is 4.35. The van der Waals surface area contributed by atoms with E-state index in [2.05, 4.69) is 19.2 Å². The Kier molecular flexibility index (Phi) is 6.09. The van der Waals surface area contributed by atoms with Gasteiger partial charge in [0.15, 0.2) is 0 Å². The molecule has 0 bridgehead atoms. The van der Waals surface area contributed by atoms with Gasteiger partial charge in [0.25, 0.3) is 0 Å². The number of nitrogens with two attached hydrogens (primary N) is 1. The summed E-state index contributed by atoms with van der Waals surface area (Å²) < 4.78 is 0. The van der Waals surface area contributed by atoms with Crippen LogP contribution in [0.25, 0.3) is 0 Å². The molecule has 0 radical (unpaired) electrons. The van der Waals surface area contributed by atoms with Gasteiger partial charge in [0.1, 0.15) is 0 Å². The van der Waals surface area contributed by atoms with Crippen molar-refractivity contribution < 1.29 is 4.79 Å². The van der Waals surface area contributed by atoms with E-state index in [1.165, 1.54) is 0 Å². The third-order valence-electron chi connectivity index (χ3n) is 4.26. The molecular formula is C16H24Cl2N2O. The van der Waals surface area contributed by atoms with Gasteiger partial charge in [-0.05, 0) is 30.5 Å². The molecule has 1 aromatic rings. The highest BCUT2D eigenvalue weighted by atomic mass is 35.5. The van der Waals surface area contributed by atoms with Gasteiger partial charge in [-0.25, -0.2) is 0 Å². The van der Waals surface area contributed by atoms with Gasteiger partial charge in [-0.15, -0.1) is 12.4 Å². The highest BCUT2D eigenvalue weighted by Gasteiger charge is 2.37. The molecule has 118 valence electrons. The van der Waals surface area contributed by atoms with Gasteiger partial charge in [-0.3, -0.25) is 4.79 Å². The van der Waals surface area contributed by atoms with Crippen LogP contribution in [0.2, 0.25) is 5.02 Å². The highest BCUT2D eigenvalue weighted by Crippen LogP contribution is 2.28. The van der Waals surface area contributed by atoms with Crippen LogP contribution in [0.15, 0.2) is 24.3 Å². The monoisotopic (exact) mass is 330 g/mol. The maximum atomic E-state index is 12.2. The second-order valence-corrected chi connectivity index (χ2v) is 6.87. The van der Waals surface area contributed by atoms with Crippen LogP contribution in [-0.4, -0.2) is 18.0 Å². The fraction of sp³-hybridized carbons (Fsp3) is 0.562. The summed E-state index contributed by atoms with van der Waals surface area (Å²) in [5, 5.41) is 3.74. The second kappa shape index (κ2) is 6.99. The molecule has 2 rings (SSSR count). The lowest BCUT2D eigenvalue weighted by molar-refractivity contribution is -0.126. The molecule has 0 atom stereocenters. The first-order chi connectivity index (χ1) is 9.33. The Morgan fingerprint density at radius 1 is 1.29 bits per heavy atom. The normalized spacial score (nSPS) is 17.1. The minimum absolute atomic E-state index is 0. The molecule has 0 aromatic heterocycles.